The maximum absolute atomic E-state index is 17.2. The van der Waals surface area contributed by atoms with Crippen molar-refractivity contribution in [1.82, 2.24) is 0 Å². The number of allylic oxidation sites excluding steroid dienone is 4. The van der Waals surface area contributed by atoms with E-state index in [9.17, 15) is 23.9 Å². The quantitative estimate of drug-likeness (QED) is 0.576. The fraction of sp³-hybridized carbons (Fsp3) is 0.720. The van der Waals surface area contributed by atoms with Crippen molar-refractivity contribution in [2.45, 2.75) is 76.9 Å². The summed E-state index contributed by atoms with van der Waals surface area (Å²) in [5.74, 6) is -3.30. The average Bonchev–Trinajstić information content (AvgIpc) is 2.99. The van der Waals surface area contributed by atoms with Crippen LogP contribution in [0.3, 0.4) is 0 Å². The molecule has 5 nitrogen and oxygen atoms in total. The summed E-state index contributed by atoms with van der Waals surface area (Å²) in [4.78, 5) is 37.8. The molecule has 7 unspecified atom stereocenters. The number of hydrogen-bond acceptors (Lipinski definition) is 6. The van der Waals surface area contributed by atoms with Gasteiger partial charge in [0.05, 0.1) is 6.10 Å². The van der Waals surface area contributed by atoms with Crippen LogP contribution in [0.25, 0.3) is 0 Å². The summed E-state index contributed by atoms with van der Waals surface area (Å²) in [7, 11) is 0. The van der Waals surface area contributed by atoms with Gasteiger partial charge in [-0.15, -0.1) is 0 Å². The van der Waals surface area contributed by atoms with Gasteiger partial charge in [-0.2, -0.15) is 0 Å². The van der Waals surface area contributed by atoms with Crippen molar-refractivity contribution in [3.63, 3.8) is 0 Å². The largest absolute Gasteiger partial charge is 0.449 e. The monoisotopic (exact) mass is 500 g/mol. The summed E-state index contributed by atoms with van der Waals surface area (Å²) >= 11 is 0.396. The van der Waals surface area contributed by atoms with Gasteiger partial charge in [-0.25, -0.2) is 13.2 Å². The van der Waals surface area contributed by atoms with E-state index in [-0.39, 0.29) is 31.3 Å². The first kappa shape index (κ1) is 25.5. The normalized spacial score (nSPS) is 47.4. The van der Waals surface area contributed by atoms with Crippen LogP contribution in [0.5, 0.6) is 0 Å². The Labute approximate surface area is 201 Å². The molecule has 34 heavy (non-hydrogen) atoms. The van der Waals surface area contributed by atoms with Crippen molar-refractivity contribution in [2.75, 3.05) is 6.01 Å². The third kappa shape index (κ3) is 3.01. The first-order valence-corrected chi connectivity index (χ1v) is 12.7. The van der Waals surface area contributed by atoms with Crippen LogP contribution in [0.2, 0.25) is 0 Å². The van der Waals surface area contributed by atoms with Crippen LogP contribution in [-0.2, 0) is 19.1 Å². The van der Waals surface area contributed by atoms with E-state index in [1.807, 2.05) is 0 Å². The van der Waals surface area contributed by atoms with Gasteiger partial charge in [0.25, 0.3) is 0 Å². The number of fused-ring (bicyclic) bond motifs is 5. The third-order valence-corrected chi connectivity index (χ3v) is 9.90. The maximum atomic E-state index is 17.2. The number of thioether (sulfide) groups is 1. The maximum Gasteiger partial charge on any atom is 0.306 e. The fourth-order valence-corrected chi connectivity index (χ4v) is 8.42. The minimum atomic E-state index is -2.30. The molecule has 9 atom stereocenters. The van der Waals surface area contributed by atoms with E-state index >= 15 is 8.78 Å². The third-order valence-electron chi connectivity index (χ3n) is 9.22. The smallest absolute Gasteiger partial charge is 0.306 e. The molecular formula is C25H31F3O5S. The number of carbonyl (C=O) groups excluding carboxylic acids is 3. The predicted molar refractivity (Wildman–Crippen MR) is 121 cm³/mol. The highest BCUT2D eigenvalue weighted by Crippen LogP contribution is 2.72. The van der Waals surface area contributed by atoms with E-state index in [1.54, 1.807) is 20.8 Å². The second-order valence-corrected chi connectivity index (χ2v) is 11.5. The molecule has 3 fully saturated rings. The summed E-state index contributed by atoms with van der Waals surface area (Å²) in [6, 6.07) is -1.02. The highest BCUT2D eigenvalue weighted by atomic mass is 32.2. The van der Waals surface area contributed by atoms with Gasteiger partial charge < -0.3 is 9.84 Å². The number of halogens is 3. The van der Waals surface area contributed by atoms with Crippen LogP contribution in [0.1, 0.15) is 53.4 Å². The van der Waals surface area contributed by atoms with E-state index in [4.69, 9.17) is 4.74 Å². The predicted octanol–water partition coefficient (Wildman–Crippen LogP) is 4.43. The highest BCUT2D eigenvalue weighted by molar-refractivity contribution is 8.13. The Morgan fingerprint density at radius 3 is 2.56 bits per heavy atom. The average molecular weight is 501 g/mol. The lowest BCUT2D eigenvalue weighted by Crippen LogP contribution is -2.70. The molecule has 0 heterocycles. The van der Waals surface area contributed by atoms with Gasteiger partial charge in [0, 0.05) is 29.1 Å². The number of carbonyl (C=O) groups is 3. The van der Waals surface area contributed by atoms with Crippen LogP contribution in [0.15, 0.2) is 23.8 Å². The van der Waals surface area contributed by atoms with E-state index in [2.05, 4.69) is 0 Å². The lowest BCUT2D eigenvalue weighted by atomic mass is 9.44. The van der Waals surface area contributed by atoms with Gasteiger partial charge >= 0.3 is 5.97 Å². The van der Waals surface area contributed by atoms with Gasteiger partial charge in [0.2, 0.25) is 5.12 Å². The van der Waals surface area contributed by atoms with E-state index in [0.717, 1.165) is 6.08 Å². The highest BCUT2D eigenvalue weighted by Gasteiger charge is 2.78. The lowest BCUT2D eigenvalue weighted by molar-refractivity contribution is -0.228. The number of aliphatic hydroxyl groups excluding tert-OH is 1. The van der Waals surface area contributed by atoms with Gasteiger partial charge in [0.1, 0.15) is 12.2 Å². The Bertz CT molecular complexity index is 984. The minimum absolute atomic E-state index is 0.0141. The minimum Gasteiger partial charge on any atom is -0.449 e. The topological polar surface area (TPSA) is 80.7 Å². The Kier molecular flexibility index (Phi) is 6.16. The number of ether oxygens (including phenoxy) is 1. The Balaban J connectivity index is 1.87. The van der Waals surface area contributed by atoms with E-state index < -0.39 is 75.0 Å². The zero-order valence-corrected chi connectivity index (χ0v) is 20.6. The molecule has 188 valence electrons. The van der Waals surface area contributed by atoms with Crippen LogP contribution in [0, 0.1) is 28.6 Å². The first-order chi connectivity index (χ1) is 15.8. The van der Waals surface area contributed by atoms with Crippen molar-refractivity contribution in [1.29, 1.82) is 0 Å². The van der Waals surface area contributed by atoms with Crippen LogP contribution in [-0.4, -0.2) is 51.5 Å². The molecular weight excluding hydrogens is 469 g/mol. The summed E-state index contributed by atoms with van der Waals surface area (Å²) in [5.41, 5.74) is -6.84. The number of ketones is 1. The van der Waals surface area contributed by atoms with Gasteiger partial charge in [-0.1, -0.05) is 26.8 Å². The van der Waals surface area contributed by atoms with Crippen molar-refractivity contribution in [3.05, 3.63) is 23.8 Å². The molecule has 0 aromatic rings. The molecule has 4 aliphatic rings. The first-order valence-electron chi connectivity index (χ1n) is 11.7. The number of esters is 1. The molecule has 0 aromatic carbocycles. The SMILES string of the molecule is CCC(=O)OC1(C(=O)SCF)C(C)CC2C3CC(F)C4=CC(=O)C=C[C@]4(C)C3(F)C(O)C[C@@]21C. The van der Waals surface area contributed by atoms with Crippen molar-refractivity contribution in [2.24, 2.45) is 28.6 Å². The lowest BCUT2D eigenvalue weighted by Gasteiger charge is -2.63. The van der Waals surface area contributed by atoms with Crippen LogP contribution >= 0.6 is 11.8 Å². The number of aliphatic hydroxyl groups is 1. The molecule has 4 aliphatic carbocycles. The number of rotatable bonds is 4. The van der Waals surface area contributed by atoms with Gasteiger partial charge in [-0.3, -0.25) is 14.4 Å². The Morgan fingerprint density at radius 2 is 1.94 bits per heavy atom. The molecule has 0 bridgehead atoms. The van der Waals surface area contributed by atoms with Gasteiger partial charge in [-0.05, 0) is 61.6 Å². The molecule has 0 amide bonds. The number of alkyl halides is 3. The second kappa shape index (κ2) is 8.22. The van der Waals surface area contributed by atoms with Crippen molar-refractivity contribution < 1.29 is 37.4 Å². The molecule has 0 spiro atoms. The Hall–Kier alpha value is -1.61. The summed E-state index contributed by atoms with van der Waals surface area (Å²) in [6.07, 6.45) is 0.160. The zero-order valence-electron chi connectivity index (χ0n) is 19.8. The zero-order chi connectivity index (χ0) is 25.3. The van der Waals surface area contributed by atoms with Crippen molar-refractivity contribution >= 4 is 28.6 Å². The van der Waals surface area contributed by atoms with E-state index in [1.165, 1.54) is 19.1 Å². The summed E-state index contributed by atoms with van der Waals surface area (Å²) in [6.45, 7) is 6.45. The molecule has 0 radical (unpaired) electrons. The van der Waals surface area contributed by atoms with E-state index in [0.29, 0.717) is 11.8 Å². The fourth-order valence-electron chi connectivity index (χ4n) is 7.63. The molecule has 0 saturated heterocycles. The molecule has 0 aromatic heterocycles. The molecule has 9 heteroatoms. The van der Waals surface area contributed by atoms with Crippen LogP contribution in [0.4, 0.5) is 13.2 Å². The molecule has 3 saturated carbocycles. The molecule has 4 rings (SSSR count). The summed E-state index contributed by atoms with van der Waals surface area (Å²) < 4.78 is 51.8. The Morgan fingerprint density at radius 1 is 1.26 bits per heavy atom. The van der Waals surface area contributed by atoms with Gasteiger partial charge in [0.15, 0.2) is 17.1 Å². The second-order valence-electron chi connectivity index (χ2n) is 10.6. The molecule has 1 N–H and O–H groups in total. The standard InChI is InChI=1S/C25H31F3O5S/c1-5-20(31)33-25(21(32)34-12-26)13(2)8-15-16-10-18(27)17-9-14(29)6-7-22(17,3)24(16,28)19(30)11-23(15,25)4/h6-7,9,13,15-16,18-19,30H,5,8,10-12H2,1-4H3/t13?,15?,16?,18?,19?,22-,23-,24?,25?/m0/s1. The van der Waals surface area contributed by atoms with Crippen LogP contribution < -0.4 is 0 Å². The number of hydrogen-bond donors (Lipinski definition) is 1. The summed E-state index contributed by atoms with van der Waals surface area (Å²) in [5, 5.41) is 10.7. The van der Waals surface area contributed by atoms with Crippen molar-refractivity contribution in [3.8, 4) is 0 Å². The molecule has 0 aliphatic heterocycles.